The van der Waals surface area contributed by atoms with Crippen LogP contribution < -0.4 is 20.4 Å². The van der Waals surface area contributed by atoms with Crippen molar-refractivity contribution in [2.45, 2.75) is 62.8 Å². The zero-order valence-corrected chi connectivity index (χ0v) is 36.5. The molecule has 2 aromatic heterocycles. The molecule has 9 heterocycles. The van der Waals surface area contributed by atoms with Gasteiger partial charge in [-0.2, -0.15) is 0 Å². The second kappa shape index (κ2) is 16.6. The summed E-state index contributed by atoms with van der Waals surface area (Å²) in [6, 6.07) is 12.9. The zero-order valence-electron chi connectivity index (χ0n) is 35.7. The molecule has 5 aromatic rings. The number of carbonyl (C=O) groups is 6. The molecule has 4 unspecified atom stereocenters. The molecular weight excluding hydrogens is 887 g/mol. The van der Waals surface area contributed by atoms with Crippen LogP contribution in [0.5, 0.6) is 5.75 Å². The second-order valence-corrected chi connectivity index (χ2v) is 18.8. The molecule has 342 valence electrons. The van der Waals surface area contributed by atoms with Crippen molar-refractivity contribution >= 4 is 63.4 Å². The van der Waals surface area contributed by atoms with Gasteiger partial charge in [-0.05, 0) is 85.7 Å². The van der Waals surface area contributed by atoms with Gasteiger partial charge in [0, 0.05) is 86.0 Å². The Morgan fingerprint density at radius 3 is 2.36 bits per heavy atom. The summed E-state index contributed by atoms with van der Waals surface area (Å²) in [4.78, 5) is 91.3. The monoisotopic (exact) mass is 928 g/mol. The molecule has 2 bridgehead atoms. The number of piperidine rings is 3. The number of aromatic nitrogens is 3. The Labute approximate surface area is 385 Å². The molecule has 0 spiro atoms. The maximum atomic E-state index is 15.6. The average Bonchev–Trinajstić information content (AvgIpc) is 4.02. The Morgan fingerprint density at radius 2 is 1.64 bits per heavy atom. The molecule has 5 saturated heterocycles. The highest BCUT2D eigenvalue weighted by molar-refractivity contribution is 7.13. The number of phenols is 1. The Bertz CT molecular complexity index is 2880. The van der Waals surface area contributed by atoms with Crippen molar-refractivity contribution in [2.24, 2.45) is 5.92 Å². The van der Waals surface area contributed by atoms with Gasteiger partial charge in [0.15, 0.2) is 10.9 Å². The highest BCUT2D eigenvalue weighted by Gasteiger charge is 2.48. The van der Waals surface area contributed by atoms with E-state index in [1.165, 1.54) is 28.5 Å². The van der Waals surface area contributed by atoms with Crippen molar-refractivity contribution in [1.82, 2.24) is 35.2 Å². The minimum absolute atomic E-state index is 0.00214. The summed E-state index contributed by atoms with van der Waals surface area (Å²) in [5.41, 5.74) is 2.43. The topological polar surface area (TPSA) is 202 Å². The SMILES string of the molecule is O=C1CCC(N2C(=O)c3cc(F)c(N4CC5CC(C4)N5CC4CCN(c5ccc(-c6ccc7c(c6)C(=O)N(C(C(=O)Nc6nccs6)c6cc(F)ccc6O)C7)nn5)CC4)cc3C2=O)C(=O)N1. The van der Waals surface area contributed by atoms with Crippen LogP contribution >= 0.6 is 11.3 Å². The number of carbonyl (C=O) groups excluding carboxylic acids is 6. The predicted molar refractivity (Wildman–Crippen MR) is 238 cm³/mol. The Hall–Kier alpha value is -7.19. The standard InChI is InChI=1S/C47H42F2N10O7S/c48-27-3-6-38(60)33(16-27)41(43(63)52-47-50-11-14-67-47)58-21-26-2-1-25(15-30(26)44(58)64)35-4-7-39(54-53-35)55-12-9-24(10-13-55)20-57-28-17-29(57)23-56(22-28)37-19-32-31(18-34(37)49)45(65)59(46(32)66)36-5-8-40(61)51-42(36)62/h1-4,6-7,11,14-16,18-19,24,28-29,36,41,60H,5,8-10,12-13,17,20-23H2,(H,50,52,63)(H,51,61,62). The minimum atomic E-state index is -1.35. The molecule has 0 aliphatic carbocycles. The van der Waals surface area contributed by atoms with Gasteiger partial charge in [-0.25, -0.2) is 13.8 Å². The van der Waals surface area contributed by atoms with Crippen molar-refractivity contribution in [3.8, 4) is 17.0 Å². The molecule has 6 amide bonds. The van der Waals surface area contributed by atoms with Crippen LogP contribution in [0.3, 0.4) is 0 Å². The number of anilines is 3. The van der Waals surface area contributed by atoms with E-state index in [9.17, 15) is 38.3 Å². The van der Waals surface area contributed by atoms with Gasteiger partial charge in [0.1, 0.15) is 29.5 Å². The number of hydrogen-bond donors (Lipinski definition) is 3. The van der Waals surface area contributed by atoms with E-state index in [-0.39, 0.29) is 59.6 Å². The van der Waals surface area contributed by atoms with E-state index in [0.717, 1.165) is 73.9 Å². The number of benzene rings is 3. The molecule has 20 heteroatoms. The van der Waals surface area contributed by atoms with Gasteiger partial charge in [-0.1, -0.05) is 12.1 Å². The first kappa shape index (κ1) is 42.4. The van der Waals surface area contributed by atoms with Crippen LogP contribution in [-0.4, -0.2) is 121 Å². The van der Waals surface area contributed by atoms with Gasteiger partial charge in [-0.3, -0.25) is 49.2 Å². The zero-order chi connectivity index (χ0) is 46.2. The summed E-state index contributed by atoms with van der Waals surface area (Å²) < 4.78 is 30.1. The number of nitrogens with one attached hydrogen (secondary N) is 2. The maximum absolute atomic E-state index is 15.6. The highest BCUT2D eigenvalue weighted by Crippen LogP contribution is 2.41. The van der Waals surface area contributed by atoms with Crippen LogP contribution in [0.1, 0.15) is 80.3 Å². The largest absolute Gasteiger partial charge is 0.508 e. The average molecular weight is 929 g/mol. The lowest BCUT2D eigenvalue weighted by molar-refractivity contribution is -0.136. The van der Waals surface area contributed by atoms with Gasteiger partial charge in [0.2, 0.25) is 11.8 Å². The van der Waals surface area contributed by atoms with Crippen LogP contribution in [-0.2, 0) is 20.9 Å². The first-order valence-electron chi connectivity index (χ1n) is 22.2. The molecule has 4 atom stereocenters. The summed E-state index contributed by atoms with van der Waals surface area (Å²) in [5.74, 6) is -4.07. The number of piperazine rings is 1. The summed E-state index contributed by atoms with van der Waals surface area (Å²) in [5, 5.41) is 26.6. The lowest BCUT2D eigenvalue weighted by Crippen LogP contribution is -2.69. The van der Waals surface area contributed by atoms with Gasteiger partial charge in [0.25, 0.3) is 23.6 Å². The fraction of sp³-hybridized carbons (Fsp3) is 0.340. The molecule has 7 aliphatic heterocycles. The van der Waals surface area contributed by atoms with E-state index in [2.05, 4.69) is 35.6 Å². The first-order valence-corrected chi connectivity index (χ1v) is 23.0. The molecular formula is C47H42F2N10O7S. The number of thiazole rings is 1. The van der Waals surface area contributed by atoms with E-state index >= 15 is 4.39 Å². The third-order valence-corrected chi connectivity index (χ3v) is 14.7. The van der Waals surface area contributed by atoms with Crippen LogP contribution in [0.15, 0.2) is 72.2 Å². The Balaban J connectivity index is 0.700. The van der Waals surface area contributed by atoms with Crippen LogP contribution in [0, 0.1) is 17.6 Å². The normalized spacial score (nSPS) is 22.2. The summed E-state index contributed by atoms with van der Waals surface area (Å²) in [6.45, 7) is 3.70. The van der Waals surface area contributed by atoms with Crippen molar-refractivity contribution in [1.29, 1.82) is 0 Å². The summed E-state index contributed by atoms with van der Waals surface area (Å²) >= 11 is 1.19. The van der Waals surface area contributed by atoms with Gasteiger partial charge in [-0.15, -0.1) is 21.5 Å². The summed E-state index contributed by atoms with van der Waals surface area (Å²) in [7, 11) is 0. The molecule has 0 saturated carbocycles. The lowest BCUT2D eigenvalue weighted by Gasteiger charge is -2.58. The Kier molecular flexibility index (Phi) is 10.5. The third-order valence-electron chi connectivity index (χ3n) is 14.0. The van der Waals surface area contributed by atoms with E-state index in [1.807, 2.05) is 23.1 Å². The molecule has 67 heavy (non-hydrogen) atoms. The number of aromatic hydroxyl groups is 1. The van der Waals surface area contributed by atoms with Crippen molar-refractivity contribution in [2.75, 3.05) is 47.8 Å². The number of phenolic OH excluding ortho intramolecular Hbond substituents is 1. The van der Waals surface area contributed by atoms with Crippen molar-refractivity contribution < 1.29 is 42.7 Å². The number of amides is 6. The Morgan fingerprint density at radius 1 is 0.866 bits per heavy atom. The predicted octanol–water partition coefficient (Wildman–Crippen LogP) is 4.50. The van der Waals surface area contributed by atoms with E-state index < -0.39 is 59.2 Å². The number of fused-ring (bicyclic) bond motifs is 4. The number of nitrogens with zero attached hydrogens (tertiary/aromatic N) is 8. The fourth-order valence-electron chi connectivity index (χ4n) is 10.5. The first-order chi connectivity index (χ1) is 32.4. The number of hydrogen-bond acceptors (Lipinski definition) is 14. The van der Waals surface area contributed by atoms with Crippen LogP contribution in [0.25, 0.3) is 11.3 Å². The number of imide groups is 2. The summed E-state index contributed by atoms with van der Waals surface area (Å²) in [6.07, 6.45) is 4.43. The fourth-order valence-corrected chi connectivity index (χ4v) is 11.1. The van der Waals surface area contributed by atoms with Crippen LogP contribution in [0.4, 0.5) is 25.4 Å². The smallest absolute Gasteiger partial charge is 0.262 e. The maximum Gasteiger partial charge on any atom is 0.262 e. The molecule has 3 N–H and O–H groups in total. The molecule has 0 radical (unpaired) electrons. The van der Waals surface area contributed by atoms with E-state index in [1.54, 1.807) is 17.5 Å². The molecule has 17 nitrogen and oxygen atoms in total. The van der Waals surface area contributed by atoms with E-state index in [0.29, 0.717) is 46.5 Å². The van der Waals surface area contributed by atoms with Crippen molar-refractivity contribution in [3.05, 3.63) is 112 Å². The van der Waals surface area contributed by atoms with E-state index in [4.69, 9.17) is 0 Å². The lowest BCUT2D eigenvalue weighted by atomic mass is 9.84. The third kappa shape index (κ3) is 7.53. The minimum Gasteiger partial charge on any atom is -0.508 e. The molecule has 7 aliphatic rings. The van der Waals surface area contributed by atoms with Crippen molar-refractivity contribution in [3.63, 3.8) is 0 Å². The second-order valence-electron chi connectivity index (χ2n) is 17.9. The molecule has 3 aromatic carbocycles. The molecule has 5 fully saturated rings. The highest BCUT2D eigenvalue weighted by atomic mass is 32.1. The number of rotatable bonds is 10. The molecule has 12 rings (SSSR count). The van der Waals surface area contributed by atoms with Crippen LogP contribution in [0.2, 0.25) is 0 Å². The number of halogens is 2. The quantitative estimate of drug-likeness (QED) is 0.166. The van der Waals surface area contributed by atoms with Gasteiger partial charge < -0.3 is 19.8 Å². The van der Waals surface area contributed by atoms with Gasteiger partial charge in [0.05, 0.1) is 22.5 Å². The van der Waals surface area contributed by atoms with Gasteiger partial charge >= 0.3 is 0 Å².